The summed E-state index contributed by atoms with van der Waals surface area (Å²) in [6.07, 6.45) is 5.16. The zero-order valence-electron chi connectivity index (χ0n) is 9.82. The molecule has 0 spiro atoms. The van der Waals surface area contributed by atoms with Crippen molar-refractivity contribution in [2.45, 2.75) is 32.1 Å². The van der Waals surface area contributed by atoms with E-state index in [0.29, 0.717) is 18.2 Å². The lowest BCUT2D eigenvalue weighted by molar-refractivity contribution is 0.0549. The standard InChI is InChI=1S/C11H23N3O2/c12-11(14-15)5-1-2-6-13-8-10-4-3-7-16-9-10/h10,13,15H,1-9H2,(H2,12,14). The second-order valence-electron chi connectivity index (χ2n) is 4.34. The van der Waals surface area contributed by atoms with Crippen LogP contribution < -0.4 is 11.1 Å². The van der Waals surface area contributed by atoms with Crippen LogP contribution in [-0.4, -0.2) is 37.3 Å². The van der Waals surface area contributed by atoms with E-state index in [9.17, 15) is 0 Å². The molecule has 1 unspecified atom stereocenters. The molecule has 1 heterocycles. The molecule has 0 aliphatic carbocycles. The first-order valence-electron chi connectivity index (χ1n) is 6.08. The van der Waals surface area contributed by atoms with Gasteiger partial charge in [-0.15, -0.1) is 0 Å². The second-order valence-corrected chi connectivity index (χ2v) is 4.34. The molecule has 0 amide bonds. The lowest BCUT2D eigenvalue weighted by atomic mass is 10.0. The van der Waals surface area contributed by atoms with Crippen LogP contribution in [-0.2, 0) is 4.74 Å². The number of oxime groups is 1. The minimum Gasteiger partial charge on any atom is -0.409 e. The topological polar surface area (TPSA) is 79.9 Å². The smallest absolute Gasteiger partial charge is 0.139 e. The summed E-state index contributed by atoms with van der Waals surface area (Å²) in [6, 6.07) is 0. The highest BCUT2D eigenvalue weighted by Gasteiger charge is 2.12. The molecule has 0 aromatic rings. The number of hydrogen-bond acceptors (Lipinski definition) is 4. The van der Waals surface area contributed by atoms with E-state index in [1.807, 2.05) is 0 Å². The van der Waals surface area contributed by atoms with Gasteiger partial charge in [0.15, 0.2) is 0 Å². The summed E-state index contributed by atoms with van der Waals surface area (Å²) < 4.78 is 5.41. The number of rotatable bonds is 7. The summed E-state index contributed by atoms with van der Waals surface area (Å²) >= 11 is 0. The first-order chi connectivity index (χ1) is 7.83. The molecule has 0 radical (unpaired) electrons. The zero-order chi connectivity index (χ0) is 11.6. The third-order valence-corrected chi connectivity index (χ3v) is 2.85. The van der Waals surface area contributed by atoms with Gasteiger partial charge in [-0.2, -0.15) is 0 Å². The van der Waals surface area contributed by atoms with Crippen molar-refractivity contribution in [3.63, 3.8) is 0 Å². The monoisotopic (exact) mass is 229 g/mol. The maximum absolute atomic E-state index is 8.34. The molecule has 0 bridgehead atoms. The minimum atomic E-state index is 0.320. The molecule has 1 atom stereocenters. The first-order valence-corrected chi connectivity index (χ1v) is 6.08. The van der Waals surface area contributed by atoms with E-state index in [1.165, 1.54) is 12.8 Å². The van der Waals surface area contributed by atoms with Gasteiger partial charge in [-0.3, -0.25) is 0 Å². The normalized spacial score (nSPS) is 22.2. The number of unbranched alkanes of at least 4 members (excludes halogenated alkanes) is 1. The Morgan fingerprint density at radius 2 is 2.38 bits per heavy atom. The van der Waals surface area contributed by atoms with Gasteiger partial charge in [0.05, 0.1) is 6.61 Å². The molecule has 16 heavy (non-hydrogen) atoms. The number of nitrogens with one attached hydrogen (secondary N) is 1. The fraction of sp³-hybridized carbons (Fsp3) is 0.909. The summed E-state index contributed by atoms with van der Waals surface area (Å²) in [5.74, 6) is 0.999. The average Bonchev–Trinajstić information content (AvgIpc) is 2.34. The van der Waals surface area contributed by atoms with Crippen LogP contribution in [0.25, 0.3) is 0 Å². The van der Waals surface area contributed by atoms with Crippen molar-refractivity contribution in [2.24, 2.45) is 16.8 Å². The molecule has 0 saturated carbocycles. The molecular formula is C11H23N3O2. The van der Waals surface area contributed by atoms with Gasteiger partial charge < -0.3 is 21.0 Å². The van der Waals surface area contributed by atoms with Crippen molar-refractivity contribution in [1.82, 2.24) is 5.32 Å². The molecule has 0 aromatic heterocycles. The Bertz CT molecular complexity index is 203. The van der Waals surface area contributed by atoms with Gasteiger partial charge in [0.2, 0.25) is 0 Å². The number of amidine groups is 1. The van der Waals surface area contributed by atoms with Gasteiger partial charge >= 0.3 is 0 Å². The summed E-state index contributed by atoms with van der Waals surface area (Å²) in [7, 11) is 0. The van der Waals surface area contributed by atoms with Gasteiger partial charge in [-0.05, 0) is 38.1 Å². The Morgan fingerprint density at radius 3 is 3.06 bits per heavy atom. The van der Waals surface area contributed by atoms with Crippen LogP contribution >= 0.6 is 0 Å². The molecule has 5 nitrogen and oxygen atoms in total. The summed E-state index contributed by atoms with van der Waals surface area (Å²) in [5.41, 5.74) is 5.37. The van der Waals surface area contributed by atoms with E-state index in [0.717, 1.165) is 39.1 Å². The van der Waals surface area contributed by atoms with Crippen LogP contribution in [0.15, 0.2) is 5.16 Å². The van der Waals surface area contributed by atoms with Gasteiger partial charge in [0.1, 0.15) is 5.84 Å². The van der Waals surface area contributed by atoms with Crippen molar-refractivity contribution in [3.8, 4) is 0 Å². The number of hydrogen-bond donors (Lipinski definition) is 3. The zero-order valence-corrected chi connectivity index (χ0v) is 9.82. The lowest BCUT2D eigenvalue weighted by Gasteiger charge is -2.22. The van der Waals surface area contributed by atoms with Crippen molar-refractivity contribution in [3.05, 3.63) is 0 Å². The highest BCUT2D eigenvalue weighted by atomic mass is 16.5. The summed E-state index contributed by atoms with van der Waals surface area (Å²) in [5, 5.41) is 14.7. The van der Waals surface area contributed by atoms with E-state index >= 15 is 0 Å². The Balaban J connectivity index is 1.87. The molecule has 94 valence electrons. The van der Waals surface area contributed by atoms with E-state index in [1.54, 1.807) is 0 Å². The fourth-order valence-corrected chi connectivity index (χ4v) is 1.88. The van der Waals surface area contributed by atoms with Crippen LogP contribution in [0.3, 0.4) is 0 Å². The van der Waals surface area contributed by atoms with Gasteiger partial charge in [0.25, 0.3) is 0 Å². The van der Waals surface area contributed by atoms with Crippen molar-refractivity contribution in [1.29, 1.82) is 0 Å². The van der Waals surface area contributed by atoms with Crippen LogP contribution in [0.4, 0.5) is 0 Å². The second kappa shape index (κ2) is 8.35. The molecule has 0 aromatic carbocycles. The first kappa shape index (κ1) is 13.3. The van der Waals surface area contributed by atoms with E-state index in [2.05, 4.69) is 10.5 Å². The molecule has 4 N–H and O–H groups in total. The summed E-state index contributed by atoms with van der Waals surface area (Å²) in [6.45, 7) is 3.87. The Labute approximate surface area is 97.0 Å². The number of nitrogens with zero attached hydrogens (tertiary/aromatic N) is 1. The predicted molar refractivity (Wildman–Crippen MR) is 63.7 cm³/mol. The van der Waals surface area contributed by atoms with E-state index in [4.69, 9.17) is 15.7 Å². The van der Waals surface area contributed by atoms with Crippen LogP contribution in [0, 0.1) is 5.92 Å². The molecule has 1 saturated heterocycles. The van der Waals surface area contributed by atoms with Gasteiger partial charge in [-0.1, -0.05) is 5.16 Å². The largest absolute Gasteiger partial charge is 0.409 e. The summed E-state index contributed by atoms with van der Waals surface area (Å²) in [4.78, 5) is 0. The third-order valence-electron chi connectivity index (χ3n) is 2.85. The fourth-order valence-electron chi connectivity index (χ4n) is 1.88. The van der Waals surface area contributed by atoms with Crippen LogP contribution in [0.2, 0.25) is 0 Å². The molecule has 5 heteroatoms. The Hall–Kier alpha value is -0.810. The molecule has 1 fully saturated rings. The molecular weight excluding hydrogens is 206 g/mol. The molecule has 1 aliphatic rings. The van der Waals surface area contributed by atoms with E-state index < -0.39 is 0 Å². The van der Waals surface area contributed by atoms with Crippen LogP contribution in [0.5, 0.6) is 0 Å². The third kappa shape index (κ3) is 5.92. The molecule has 1 aliphatic heterocycles. The van der Waals surface area contributed by atoms with Gasteiger partial charge in [0, 0.05) is 19.6 Å². The van der Waals surface area contributed by atoms with Crippen molar-refractivity contribution in [2.75, 3.05) is 26.3 Å². The number of ether oxygens (including phenoxy) is 1. The average molecular weight is 229 g/mol. The SMILES string of the molecule is NC(CCCCNCC1CCCOC1)=NO. The van der Waals surface area contributed by atoms with Crippen molar-refractivity contribution < 1.29 is 9.94 Å². The minimum absolute atomic E-state index is 0.320. The van der Waals surface area contributed by atoms with Crippen molar-refractivity contribution >= 4 is 5.84 Å². The quantitative estimate of drug-likeness (QED) is 0.199. The highest BCUT2D eigenvalue weighted by molar-refractivity contribution is 5.79. The number of nitrogens with two attached hydrogens (primary N) is 1. The lowest BCUT2D eigenvalue weighted by Crippen LogP contribution is -2.29. The molecule has 1 rings (SSSR count). The van der Waals surface area contributed by atoms with Gasteiger partial charge in [-0.25, -0.2) is 0 Å². The van der Waals surface area contributed by atoms with E-state index in [-0.39, 0.29) is 0 Å². The Kier molecular flexibility index (Phi) is 6.92. The Morgan fingerprint density at radius 1 is 1.50 bits per heavy atom. The highest BCUT2D eigenvalue weighted by Crippen LogP contribution is 2.11. The maximum atomic E-state index is 8.34. The maximum Gasteiger partial charge on any atom is 0.139 e. The van der Waals surface area contributed by atoms with Crippen LogP contribution in [0.1, 0.15) is 32.1 Å². The predicted octanol–water partition coefficient (Wildman–Crippen LogP) is 0.919.